The minimum atomic E-state index is -0.221. The van der Waals surface area contributed by atoms with E-state index in [1.165, 1.54) is 12.1 Å². The average Bonchev–Trinajstić information content (AvgIpc) is 3.14. The van der Waals surface area contributed by atoms with Gasteiger partial charge in [-0.3, -0.25) is 4.79 Å². The van der Waals surface area contributed by atoms with Crippen molar-refractivity contribution < 1.29 is 13.9 Å². The highest BCUT2D eigenvalue weighted by atomic mass is 19.1. The Hall–Kier alpha value is -2.56. The van der Waals surface area contributed by atoms with E-state index in [1.54, 1.807) is 12.1 Å². The van der Waals surface area contributed by atoms with Gasteiger partial charge in [-0.15, -0.1) is 0 Å². The van der Waals surface area contributed by atoms with Crippen LogP contribution in [-0.4, -0.2) is 32.1 Å². The SMILES string of the molecule is Cc1ccc(C(C)C)c(OCC(=O)NCC2CCN(c3ccc(F)cc3)C2)c1. The predicted octanol–water partition coefficient (Wildman–Crippen LogP) is 4.28. The van der Waals surface area contributed by atoms with Gasteiger partial charge < -0.3 is 15.0 Å². The standard InChI is InChI=1S/C23H29FN2O2/c1-16(2)21-9-4-17(3)12-22(21)28-15-23(27)25-13-18-10-11-26(14-18)20-7-5-19(24)6-8-20/h4-9,12,16,18H,10-11,13-15H2,1-3H3,(H,25,27). The molecule has 2 aromatic rings. The van der Waals surface area contributed by atoms with Crippen molar-refractivity contribution in [3.05, 3.63) is 59.4 Å². The molecule has 2 aromatic carbocycles. The molecule has 1 saturated heterocycles. The van der Waals surface area contributed by atoms with E-state index in [-0.39, 0.29) is 18.3 Å². The fraction of sp³-hybridized carbons (Fsp3) is 0.435. The number of nitrogens with one attached hydrogen (secondary N) is 1. The van der Waals surface area contributed by atoms with Gasteiger partial charge in [-0.05, 0) is 66.6 Å². The molecule has 0 aromatic heterocycles. The smallest absolute Gasteiger partial charge is 0.257 e. The van der Waals surface area contributed by atoms with Crippen molar-refractivity contribution in [2.75, 3.05) is 31.1 Å². The highest BCUT2D eigenvalue weighted by molar-refractivity contribution is 5.77. The van der Waals surface area contributed by atoms with Gasteiger partial charge in [-0.25, -0.2) is 4.39 Å². The Morgan fingerprint density at radius 1 is 1.25 bits per heavy atom. The van der Waals surface area contributed by atoms with Crippen LogP contribution in [0.2, 0.25) is 0 Å². The van der Waals surface area contributed by atoms with E-state index in [2.05, 4.69) is 36.2 Å². The van der Waals surface area contributed by atoms with Crippen molar-refractivity contribution in [2.45, 2.75) is 33.1 Å². The Bertz CT molecular complexity index is 805. The molecule has 0 bridgehead atoms. The number of anilines is 1. The fourth-order valence-corrected chi connectivity index (χ4v) is 3.58. The van der Waals surface area contributed by atoms with E-state index >= 15 is 0 Å². The first-order chi connectivity index (χ1) is 13.4. The Kier molecular flexibility index (Phi) is 6.55. The lowest BCUT2D eigenvalue weighted by Crippen LogP contribution is -2.34. The number of carbonyl (C=O) groups excluding carboxylic acids is 1. The van der Waals surface area contributed by atoms with Gasteiger partial charge in [-0.1, -0.05) is 26.0 Å². The number of hydrogen-bond donors (Lipinski definition) is 1. The zero-order valence-corrected chi connectivity index (χ0v) is 16.9. The quantitative estimate of drug-likeness (QED) is 0.775. The third-order valence-electron chi connectivity index (χ3n) is 5.22. The Balaban J connectivity index is 1.45. The minimum Gasteiger partial charge on any atom is -0.483 e. The second-order valence-electron chi connectivity index (χ2n) is 7.87. The Morgan fingerprint density at radius 3 is 2.71 bits per heavy atom. The predicted molar refractivity (Wildman–Crippen MR) is 110 cm³/mol. The molecule has 1 heterocycles. The highest BCUT2D eigenvalue weighted by Crippen LogP contribution is 2.27. The number of carbonyl (C=O) groups is 1. The summed E-state index contributed by atoms with van der Waals surface area (Å²) in [4.78, 5) is 14.5. The van der Waals surface area contributed by atoms with E-state index in [0.717, 1.165) is 42.1 Å². The number of aryl methyl sites for hydroxylation is 1. The lowest BCUT2D eigenvalue weighted by molar-refractivity contribution is -0.123. The molecule has 3 rings (SSSR count). The van der Waals surface area contributed by atoms with Crippen LogP contribution in [0.4, 0.5) is 10.1 Å². The molecule has 1 unspecified atom stereocenters. The summed E-state index contributed by atoms with van der Waals surface area (Å²) in [5.41, 5.74) is 3.26. The van der Waals surface area contributed by atoms with Gasteiger partial charge in [0.1, 0.15) is 11.6 Å². The Labute approximate surface area is 166 Å². The van der Waals surface area contributed by atoms with Crippen LogP contribution in [0.1, 0.15) is 37.3 Å². The highest BCUT2D eigenvalue weighted by Gasteiger charge is 2.23. The van der Waals surface area contributed by atoms with E-state index in [4.69, 9.17) is 4.74 Å². The van der Waals surface area contributed by atoms with E-state index in [9.17, 15) is 9.18 Å². The average molecular weight is 384 g/mol. The van der Waals surface area contributed by atoms with Gasteiger partial charge in [0.05, 0.1) is 0 Å². The molecule has 4 nitrogen and oxygen atoms in total. The molecule has 0 spiro atoms. The normalized spacial score (nSPS) is 16.5. The van der Waals surface area contributed by atoms with Crippen molar-refractivity contribution in [3.8, 4) is 5.75 Å². The summed E-state index contributed by atoms with van der Waals surface area (Å²) in [6, 6.07) is 12.7. The summed E-state index contributed by atoms with van der Waals surface area (Å²) in [6.45, 7) is 8.69. The number of nitrogens with zero attached hydrogens (tertiary/aromatic N) is 1. The maximum Gasteiger partial charge on any atom is 0.257 e. The van der Waals surface area contributed by atoms with Crippen molar-refractivity contribution in [2.24, 2.45) is 5.92 Å². The van der Waals surface area contributed by atoms with Crippen LogP contribution < -0.4 is 15.0 Å². The summed E-state index contributed by atoms with van der Waals surface area (Å²) in [5.74, 6) is 1.19. The minimum absolute atomic E-state index is 0.0254. The first-order valence-corrected chi connectivity index (χ1v) is 9.93. The van der Waals surface area contributed by atoms with Crippen LogP contribution in [0.3, 0.4) is 0 Å². The molecule has 1 aliphatic heterocycles. The van der Waals surface area contributed by atoms with Gasteiger partial charge in [0.2, 0.25) is 0 Å². The zero-order valence-electron chi connectivity index (χ0n) is 16.9. The van der Waals surface area contributed by atoms with Gasteiger partial charge in [0.25, 0.3) is 5.91 Å². The molecule has 0 saturated carbocycles. The van der Waals surface area contributed by atoms with E-state index < -0.39 is 0 Å². The monoisotopic (exact) mass is 384 g/mol. The van der Waals surface area contributed by atoms with Gasteiger partial charge in [-0.2, -0.15) is 0 Å². The number of hydrogen-bond acceptors (Lipinski definition) is 3. The Morgan fingerprint density at radius 2 is 2.00 bits per heavy atom. The van der Waals surface area contributed by atoms with Crippen LogP contribution in [0.5, 0.6) is 5.75 Å². The van der Waals surface area contributed by atoms with Gasteiger partial charge in [0, 0.05) is 25.3 Å². The van der Waals surface area contributed by atoms with Crippen molar-refractivity contribution in [1.29, 1.82) is 0 Å². The zero-order chi connectivity index (χ0) is 20.1. The lowest BCUT2D eigenvalue weighted by Gasteiger charge is -2.19. The molecule has 0 aliphatic carbocycles. The number of amides is 1. The van der Waals surface area contributed by atoms with Crippen LogP contribution >= 0.6 is 0 Å². The maximum atomic E-state index is 13.1. The third kappa shape index (κ3) is 5.24. The molecular weight excluding hydrogens is 355 g/mol. The summed E-state index contributed by atoms with van der Waals surface area (Å²) < 4.78 is 18.9. The summed E-state index contributed by atoms with van der Waals surface area (Å²) >= 11 is 0. The molecule has 28 heavy (non-hydrogen) atoms. The molecule has 1 atom stereocenters. The van der Waals surface area contributed by atoms with Crippen molar-refractivity contribution in [1.82, 2.24) is 5.32 Å². The second kappa shape index (κ2) is 9.09. The first-order valence-electron chi connectivity index (χ1n) is 9.93. The van der Waals surface area contributed by atoms with Crippen LogP contribution in [-0.2, 0) is 4.79 Å². The maximum absolute atomic E-state index is 13.1. The molecule has 150 valence electrons. The van der Waals surface area contributed by atoms with Crippen LogP contribution in [0.15, 0.2) is 42.5 Å². The van der Waals surface area contributed by atoms with Gasteiger partial charge >= 0.3 is 0 Å². The van der Waals surface area contributed by atoms with Crippen LogP contribution in [0.25, 0.3) is 0 Å². The third-order valence-corrected chi connectivity index (χ3v) is 5.22. The summed E-state index contributed by atoms with van der Waals surface area (Å²) in [5, 5.41) is 2.99. The van der Waals surface area contributed by atoms with Crippen molar-refractivity contribution >= 4 is 11.6 Å². The van der Waals surface area contributed by atoms with E-state index in [0.29, 0.717) is 18.4 Å². The van der Waals surface area contributed by atoms with E-state index in [1.807, 2.05) is 13.0 Å². The lowest BCUT2D eigenvalue weighted by atomic mass is 10.0. The largest absolute Gasteiger partial charge is 0.483 e. The van der Waals surface area contributed by atoms with Crippen LogP contribution in [0, 0.1) is 18.7 Å². The van der Waals surface area contributed by atoms with Gasteiger partial charge in [0.15, 0.2) is 6.61 Å². The number of ether oxygens (including phenoxy) is 1. The topological polar surface area (TPSA) is 41.6 Å². The molecule has 1 amide bonds. The summed E-state index contributed by atoms with van der Waals surface area (Å²) in [7, 11) is 0. The first kappa shape index (κ1) is 20.2. The molecule has 1 aliphatic rings. The number of rotatable bonds is 7. The fourth-order valence-electron chi connectivity index (χ4n) is 3.58. The molecule has 0 radical (unpaired) electrons. The number of halogens is 1. The molecular formula is C23H29FN2O2. The molecule has 1 N–H and O–H groups in total. The molecule has 5 heteroatoms. The number of benzene rings is 2. The summed E-state index contributed by atoms with van der Waals surface area (Å²) in [6.07, 6.45) is 1.01. The second-order valence-corrected chi connectivity index (χ2v) is 7.87. The molecule has 1 fully saturated rings. The van der Waals surface area contributed by atoms with Crippen molar-refractivity contribution in [3.63, 3.8) is 0 Å².